The predicted molar refractivity (Wildman–Crippen MR) is 91.5 cm³/mol. The van der Waals surface area contributed by atoms with Gasteiger partial charge < -0.3 is 4.90 Å². The quantitative estimate of drug-likeness (QED) is 0.915. The lowest BCUT2D eigenvalue weighted by molar-refractivity contribution is 0.136. The van der Waals surface area contributed by atoms with Gasteiger partial charge in [-0.15, -0.1) is 10.2 Å². The van der Waals surface area contributed by atoms with Gasteiger partial charge in [0.15, 0.2) is 0 Å². The van der Waals surface area contributed by atoms with E-state index in [0.717, 1.165) is 29.8 Å². The van der Waals surface area contributed by atoms with Gasteiger partial charge in [0.05, 0.1) is 0 Å². The van der Waals surface area contributed by atoms with Gasteiger partial charge in [-0.3, -0.25) is 5.32 Å². The molecule has 3 heterocycles. The van der Waals surface area contributed by atoms with E-state index in [0.29, 0.717) is 23.0 Å². The third-order valence-corrected chi connectivity index (χ3v) is 6.49. The first-order valence-electron chi connectivity index (χ1n) is 8.96. The molecule has 2 aliphatic heterocycles. The lowest BCUT2D eigenvalue weighted by Crippen LogP contribution is -2.44. The van der Waals surface area contributed by atoms with Crippen LogP contribution in [0.3, 0.4) is 0 Å². The highest BCUT2D eigenvalue weighted by Gasteiger charge is 2.44. The molecule has 2 amide bonds. The first-order valence-corrected chi connectivity index (χ1v) is 9.78. The fraction of sp³-hybridized carbons (Fsp3) is 0.824. The van der Waals surface area contributed by atoms with Crippen molar-refractivity contribution in [2.45, 2.75) is 58.4 Å². The SMILES string of the molecule is CC(C)Cc1nnc(NC(=O)N2CC3CC4CC(C3)CC2C4)s1. The number of aromatic nitrogens is 2. The minimum absolute atomic E-state index is 0.0375. The smallest absolute Gasteiger partial charge is 0.321 e. The maximum atomic E-state index is 12.8. The van der Waals surface area contributed by atoms with Gasteiger partial charge in [0.2, 0.25) is 5.13 Å². The third kappa shape index (κ3) is 3.23. The van der Waals surface area contributed by atoms with Crippen molar-refractivity contribution < 1.29 is 4.79 Å². The van der Waals surface area contributed by atoms with E-state index in [4.69, 9.17) is 0 Å². The Kier molecular flexibility index (Phi) is 4.03. The molecule has 1 N–H and O–H groups in total. The molecule has 23 heavy (non-hydrogen) atoms. The first kappa shape index (κ1) is 15.4. The van der Waals surface area contributed by atoms with E-state index in [1.54, 1.807) is 0 Å². The summed E-state index contributed by atoms with van der Waals surface area (Å²) in [5.41, 5.74) is 0. The number of fused-ring (bicyclic) bond motifs is 1. The zero-order chi connectivity index (χ0) is 16.0. The van der Waals surface area contributed by atoms with E-state index in [2.05, 4.69) is 34.3 Å². The lowest BCUT2D eigenvalue weighted by atomic mass is 9.68. The summed E-state index contributed by atoms with van der Waals surface area (Å²) in [6.07, 6.45) is 7.38. The predicted octanol–water partition coefficient (Wildman–Crippen LogP) is 3.78. The Hall–Kier alpha value is -1.17. The minimum atomic E-state index is 0.0375. The summed E-state index contributed by atoms with van der Waals surface area (Å²) in [4.78, 5) is 14.9. The Morgan fingerprint density at radius 2 is 1.87 bits per heavy atom. The van der Waals surface area contributed by atoms with Gasteiger partial charge in [-0.2, -0.15) is 0 Å². The largest absolute Gasteiger partial charge is 0.323 e. The second kappa shape index (κ2) is 6.04. The van der Waals surface area contributed by atoms with Crippen molar-refractivity contribution >= 4 is 22.5 Å². The van der Waals surface area contributed by atoms with Crippen LogP contribution in [-0.4, -0.2) is 33.7 Å². The molecule has 4 aliphatic rings. The zero-order valence-electron chi connectivity index (χ0n) is 14.0. The van der Waals surface area contributed by atoms with Gasteiger partial charge in [-0.1, -0.05) is 25.2 Å². The summed E-state index contributed by atoms with van der Waals surface area (Å²) in [5.74, 6) is 2.98. The number of nitrogens with zero attached hydrogens (tertiary/aromatic N) is 3. The van der Waals surface area contributed by atoms with Gasteiger partial charge in [-0.25, -0.2) is 4.79 Å². The standard InChI is InChI=1S/C17H26N4OS/c1-10(2)3-15-19-20-16(23-15)18-17(22)21-9-13-5-11-4-12(6-13)8-14(21)7-11/h10-14H,3-9H2,1-2H3,(H,18,20,22). The van der Waals surface area contributed by atoms with Crippen molar-refractivity contribution in [1.82, 2.24) is 15.1 Å². The lowest BCUT2D eigenvalue weighted by Gasteiger charge is -2.38. The van der Waals surface area contributed by atoms with Crippen molar-refractivity contribution in [3.05, 3.63) is 5.01 Å². The highest BCUT2D eigenvalue weighted by molar-refractivity contribution is 7.15. The summed E-state index contributed by atoms with van der Waals surface area (Å²) in [6.45, 7) is 5.27. The topological polar surface area (TPSA) is 58.1 Å². The summed E-state index contributed by atoms with van der Waals surface area (Å²) in [7, 11) is 0. The summed E-state index contributed by atoms with van der Waals surface area (Å²) in [5, 5.41) is 13.0. The molecular weight excluding hydrogens is 308 g/mol. The number of amides is 2. The van der Waals surface area contributed by atoms with Crippen LogP contribution in [-0.2, 0) is 6.42 Å². The van der Waals surface area contributed by atoms with Crippen molar-refractivity contribution in [2.24, 2.45) is 23.7 Å². The molecule has 1 aromatic rings. The third-order valence-electron chi connectivity index (χ3n) is 5.63. The average Bonchev–Trinajstić information content (AvgIpc) is 2.79. The van der Waals surface area contributed by atoms with E-state index in [1.807, 2.05) is 0 Å². The molecule has 4 bridgehead atoms. The zero-order valence-corrected chi connectivity index (χ0v) is 14.8. The van der Waals surface area contributed by atoms with Crippen LogP contribution < -0.4 is 5.32 Å². The molecule has 5 rings (SSSR count). The molecule has 2 saturated carbocycles. The summed E-state index contributed by atoms with van der Waals surface area (Å²) < 4.78 is 0. The molecule has 0 aromatic carbocycles. The van der Waals surface area contributed by atoms with Crippen molar-refractivity contribution in [2.75, 3.05) is 11.9 Å². The normalized spacial score (nSPS) is 32.4. The van der Waals surface area contributed by atoms with E-state index in [1.165, 1.54) is 43.4 Å². The van der Waals surface area contributed by atoms with Crippen molar-refractivity contribution in [1.29, 1.82) is 0 Å². The van der Waals surface area contributed by atoms with Crippen LogP contribution in [0, 0.1) is 23.7 Å². The Balaban J connectivity index is 1.43. The number of nitrogens with one attached hydrogen (secondary N) is 1. The molecule has 2 unspecified atom stereocenters. The van der Waals surface area contributed by atoms with Crippen molar-refractivity contribution in [3.63, 3.8) is 0 Å². The fourth-order valence-electron chi connectivity index (χ4n) is 4.93. The molecule has 2 saturated heterocycles. The molecule has 4 fully saturated rings. The fourth-order valence-corrected chi connectivity index (χ4v) is 5.87. The highest BCUT2D eigenvalue weighted by atomic mass is 32.1. The van der Waals surface area contributed by atoms with Gasteiger partial charge >= 0.3 is 6.03 Å². The number of carbonyl (C=O) groups excluding carboxylic acids is 1. The average molecular weight is 334 g/mol. The molecule has 126 valence electrons. The van der Waals surface area contributed by atoms with Gasteiger partial charge in [0.1, 0.15) is 5.01 Å². The van der Waals surface area contributed by atoms with E-state index in [9.17, 15) is 4.79 Å². The Morgan fingerprint density at radius 1 is 1.17 bits per heavy atom. The molecule has 0 spiro atoms. The number of hydrogen-bond donors (Lipinski definition) is 1. The minimum Gasteiger partial charge on any atom is -0.321 e. The number of anilines is 1. The van der Waals surface area contributed by atoms with Crippen LogP contribution >= 0.6 is 11.3 Å². The van der Waals surface area contributed by atoms with Crippen LogP contribution in [0.2, 0.25) is 0 Å². The number of urea groups is 1. The van der Waals surface area contributed by atoms with Crippen LogP contribution in [0.25, 0.3) is 0 Å². The van der Waals surface area contributed by atoms with Gasteiger partial charge in [-0.05, 0) is 55.8 Å². The second-order valence-corrected chi connectivity index (χ2v) is 9.17. The van der Waals surface area contributed by atoms with E-state index >= 15 is 0 Å². The first-order chi connectivity index (χ1) is 11.1. The molecule has 2 aliphatic carbocycles. The summed E-state index contributed by atoms with van der Waals surface area (Å²) >= 11 is 1.51. The molecule has 6 heteroatoms. The Morgan fingerprint density at radius 3 is 2.57 bits per heavy atom. The number of rotatable bonds is 3. The number of carbonyl (C=O) groups is 1. The van der Waals surface area contributed by atoms with Gasteiger partial charge in [0, 0.05) is 19.0 Å². The summed E-state index contributed by atoms with van der Waals surface area (Å²) in [6, 6.07) is 0.477. The van der Waals surface area contributed by atoms with E-state index < -0.39 is 0 Å². The molecule has 1 aromatic heterocycles. The maximum absolute atomic E-state index is 12.8. The molecular formula is C17H26N4OS. The second-order valence-electron chi connectivity index (χ2n) is 8.11. The van der Waals surface area contributed by atoms with Crippen LogP contribution in [0.4, 0.5) is 9.93 Å². The van der Waals surface area contributed by atoms with Crippen LogP contribution in [0.1, 0.15) is 51.0 Å². The Bertz CT molecular complexity index is 573. The highest BCUT2D eigenvalue weighted by Crippen LogP contribution is 2.47. The maximum Gasteiger partial charge on any atom is 0.323 e. The molecule has 2 atom stereocenters. The van der Waals surface area contributed by atoms with E-state index in [-0.39, 0.29) is 6.03 Å². The molecule has 0 radical (unpaired) electrons. The van der Waals surface area contributed by atoms with Crippen LogP contribution in [0.15, 0.2) is 0 Å². The van der Waals surface area contributed by atoms with Gasteiger partial charge in [0.25, 0.3) is 0 Å². The number of hydrogen-bond acceptors (Lipinski definition) is 4. The van der Waals surface area contributed by atoms with Crippen LogP contribution in [0.5, 0.6) is 0 Å². The monoisotopic (exact) mass is 334 g/mol. The Labute approximate surface area is 141 Å². The van der Waals surface area contributed by atoms with Crippen molar-refractivity contribution in [3.8, 4) is 0 Å². The molecule has 5 nitrogen and oxygen atoms in total.